The number of hydrogen-bond donors (Lipinski definition) is 1. The zero-order valence-corrected chi connectivity index (χ0v) is 21.8. The molecule has 0 bridgehead atoms. The van der Waals surface area contributed by atoms with Crippen LogP contribution in [0.3, 0.4) is 0 Å². The lowest BCUT2D eigenvalue weighted by molar-refractivity contribution is 0.0421. The molecule has 170 valence electrons. The Labute approximate surface area is 183 Å². The van der Waals surface area contributed by atoms with Gasteiger partial charge in [0.05, 0.1) is 6.10 Å². The van der Waals surface area contributed by atoms with Gasteiger partial charge in [-0.15, -0.1) is 6.58 Å². The minimum Gasteiger partial charge on any atom is -0.417 e. The number of hydrogen-bond acceptors (Lipinski definition) is 2. The molecule has 0 spiro atoms. The van der Waals surface area contributed by atoms with E-state index in [0.717, 1.165) is 44.6 Å². The fraction of sp³-hybridized carbons (Fsp3) is 0.846. The van der Waals surface area contributed by atoms with Crippen molar-refractivity contribution in [2.45, 2.75) is 111 Å². The van der Waals surface area contributed by atoms with E-state index in [1.165, 1.54) is 18.4 Å². The van der Waals surface area contributed by atoms with Crippen LogP contribution in [0.5, 0.6) is 0 Å². The lowest BCUT2D eigenvalue weighted by Gasteiger charge is -2.39. The van der Waals surface area contributed by atoms with Gasteiger partial charge in [0.25, 0.3) is 0 Å². The van der Waals surface area contributed by atoms with Crippen LogP contribution in [0, 0.1) is 23.7 Å². The van der Waals surface area contributed by atoms with Crippen LogP contribution in [0.25, 0.3) is 0 Å². The molecule has 0 aromatic rings. The summed E-state index contributed by atoms with van der Waals surface area (Å²) in [5.41, 5.74) is 1.35. The molecular formula is C26H50O2Si. The first-order valence-electron chi connectivity index (χ1n) is 12.0. The summed E-state index contributed by atoms with van der Waals surface area (Å²) in [4.78, 5) is 0. The number of allylic oxidation sites excluding steroid dienone is 2. The van der Waals surface area contributed by atoms with E-state index in [1.54, 1.807) is 0 Å². The molecule has 4 atom stereocenters. The van der Waals surface area contributed by atoms with Crippen molar-refractivity contribution < 1.29 is 9.53 Å². The van der Waals surface area contributed by atoms with Crippen molar-refractivity contribution in [2.75, 3.05) is 6.61 Å². The quantitative estimate of drug-likeness (QED) is 0.209. The third-order valence-electron chi connectivity index (χ3n) is 7.49. The standard InChI is InChI=1S/C26H50O2Si/c1-10-13-22(14-11-12-17-28-29(8,9)26(5,6)7)19-25(27)24-18-21(4)15-16-23(24)20(2)3/h10,19-21,23-25,27H,1,11-18H2,2-9H3/b22-19-/t21-,23+,24-,25+/m1/s1. The summed E-state index contributed by atoms with van der Waals surface area (Å²) < 4.78 is 6.31. The Morgan fingerprint density at radius 2 is 1.83 bits per heavy atom. The molecule has 0 unspecified atom stereocenters. The first kappa shape index (κ1) is 26.7. The predicted molar refractivity (Wildman–Crippen MR) is 131 cm³/mol. The van der Waals surface area contributed by atoms with Gasteiger partial charge in [-0.1, -0.05) is 65.7 Å². The molecule has 0 saturated heterocycles. The molecule has 1 rings (SSSR count). The van der Waals surface area contributed by atoms with Crippen LogP contribution < -0.4 is 0 Å². The molecule has 29 heavy (non-hydrogen) atoms. The van der Waals surface area contributed by atoms with Crippen molar-refractivity contribution in [3.63, 3.8) is 0 Å². The highest BCUT2D eigenvalue weighted by atomic mass is 28.4. The molecule has 2 nitrogen and oxygen atoms in total. The van der Waals surface area contributed by atoms with Crippen LogP contribution in [0.15, 0.2) is 24.3 Å². The Hall–Kier alpha value is -0.383. The Bertz CT molecular complexity index is 515. The highest BCUT2D eigenvalue weighted by Crippen LogP contribution is 2.40. The topological polar surface area (TPSA) is 29.5 Å². The van der Waals surface area contributed by atoms with Crippen LogP contribution in [-0.4, -0.2) is 26.1 Å². The van der Waals surface area contributed by atoms with E-state index in [-0.39, 0.29) is 11.1 Å². The number of rotatable bonds is 11. The minimum atomic E-state index is -1.64. The third-order valence-corrected chi connectivity index (χ3v) is 12.0. The average molecular weight is 423 g/mol. The number of aliphatic hydroxyl groups is 1. The van der Waals surface area contributed by atoms with Gasteiger partial charge in [-0.05, 0) is 80.3 Å². The minimum absolute atomic E-state index is 0.273. The first-order chi connectivity index (χ1) is 13.4. The van der Waals surface area contributed by atoms with Gasteiger partial charge in [0.2, 0.25) is 0 Å². The van der Waals surface area contributed by atoms with Gasteiger partial charge in [-0.3, -0.25) is 0 Å². The van der Waals surface area contributed by atoms with Gasteiger partial charge in [-0.2, -0.15) is 0 Å². The Kier molecular flexibility index (Phi) is 10.9. The van der Waals surface area contributed by atoms with Gasteiger partial charge in [0.15, 0.2) is 8.32 Å². The van der Waals surface area contributed by atoms with Crippen LogP contribution in [0.4, 0.5) is 0 Å². The summed E-state index contributed by atoms with van der Waals surface area (Å²) in [5, 5.41) is 11.4. The molecule has 3 heteroatoms. The summed E-state index contributed by atoms with van der Waals surface area (Å²) >= 11 is 0. The van der Waals surface area contributed by atoms with E-state index in [1.807, 2.05) is 6.08 Å². The molecule has 1 N–H and O–H groups in total. The smallest absolute Gasteiger partial charge is 0.191 e. The summed E-state index contributed by atoms with van der Waals surface area (Å²) in [5.74, 6) is 2.42. The number of aliphatic hydroxyl groups excluding tert-OH is 1. The molecule has 1 saturated carbocycles. The third kappa shape index (κ3) is 8.71. The molecule has 1 aliphatic rings. The molecule has 0 heterocycles. The van der Waals surface area contributed by atoms with E-state index in [2.05, 4.69) is 67.3 Å². The van der Waals surface area contributed by atoms with E-state index in [9.17, 15) is 5.11 Å². The van der Waals surface area contributed by atoms with Crippen LogP contribution >= 0.6 is 0 Å². The lowest BCUT2D eigenvalue weighted by atomic mass is 9.68. The molecule has 0 aromatic carbocycles. The second kappa shape index (κ2) is 11.9. The van der Waals surface area contributed by atoms with Crippen molar-refractivity contribution in [2.24, 2.45) is 23.7 Å². The van der Waals surface area contributed by atoms with Crippen molar-refractivity contribution in [1.29, 1.82) is 0 Å². The zero-order chi connectivity index (χ0) is 22.2. The van der Waals surface area contributed by atoms with E-state index < -0.39 is 8.32 Å². The molecule has 1 aliphatic carbocycles. The second-order valence-corrected chi connectivity index (χ2v) is 16.2. The summed E-state index contributed by atoms with van der Waals surface area (Å²) in [6.07, 6.45) is 11.7. The molecule has 0 amide bonds. The van der Waals surface area contributed by atoms with Crippen molar-refractivity contribution in [3.05, 3.63) is 24.3 Å². The van der Waals surface area contributed by atoms with Gasteiger partial charge < -0.3 is 9.53 Å². The summed E-state index contributed by atoms with van der Waals surface area (Å²) in [6, 6.07) is 0. The van der Waals surface area contributed by atoms with Crippen molar-refractivity contribution >= 4 is 8.32 Å². The van der Waals surface area contributed by atoms with Crippen molar-refractivity contribution in [1.82, 2.24) is 0 Å². The Morgan fingerprint density at radius 1 is 1.17 bits per heavy atom. The van der Waals surface area contributed by atoms with Crippen LogP contribution in [-0.2, 0) is 4.43 Å². The SMILES string of the molecule is C=CC/C(=C/[C@H](O)[C@@H]1C[C@H](C)CC[C@H]1C(C)C)CCCCO[Si](C)(C)C(C)(C)C. The highest BCUT2D eigenvalue weighted by Gasteiger charge is 2.37. The lowest BCUT2D eigenvalue weighted by Crippen LogP contribution is -2.40. The van der Waals surface area contributed by atoms with Gasteiger partial charge in [0.1, 0.15) is 0 Å². The predicted octanol–water partition coefficient (Wildman–Crippen LogP) is 7.75. The van der Waals surface area contributed by atoms with Gasteiger partial charge in [0, 0.05) is 6.61 Å². The maximum Gasteiger partial charge on any atom is 0.191 e. The zero-order valence-electron chi connectivity index (χ0n) is 20.8. The maximum absolute atomic E-state index is 11.1. The normalized spacial score (nSPS) is 25.3. The monoisotopic (exact) mass is 422 g/mol. The highest BCUT2D eigenvalue weighted by molar-refractivity contribution is 6.74. The first-order valence-corrected chi connectivity index (χ1v) is 14.9. The molecule has 0 aromatic heterocycles. The maximum atomic E-state index is 11.1. The fourth-order valence-electron chi connectivity index (χ4n) is 4.47. The average Bonchev–Trinajstić information content (AvgIpc) is 2.60. The molecule has 1 fully saturated rings. The fourth-order valence-corrected chi connectivity index (χ4v) is 5.56. The van der Waals surface area contributed by atoms with E-state index >= 15 is 0 Å². The van der Waals surface area contributed by atoms with E-state index in [0.29, 0.717) is 17.8 Å². The summed E-state index contributed by atoms with van der Waals surface area (Å²) in [6.45, 7) is 23.3. The molecular weight excluding hydrogens is 372 g/mol. The van der Waals surface area contributed by atoms with Crippen LogP contribution in [0.2, 0.25) is 18.1 Å². The second-order valence-electron chi connectivity index (χ2n) is 11.4. The summed E-state index contributed by atoms with van der Waals surface area (Å²) in [7, 11) is -1.64. The Morgan fingerprint density at radius 3 is 2.38 bits per heavy atom. The molecule has 0 radical (unpaired) electrons. The van der Waals surface area contributed by atoms with Crippen LogP contribution in [0.1, 0.15) is 86.5 Å². The Balaban J connectivity index is 2.62. The largest absolute Gasteiger partial charge is 0.417 e. The van der Waals surface area contributed by atoms with E-state index in [4.69, 9.17) is 4.43 Å². The number of unbranched alkanes of at least 4 members (excludes halogenated alkanes) is 1. The van der Waals surface area contributed by atoms with Crippen molar-refractivity contribution in [3.8, 4) is 0 Å². The molecule has 0 aliphatic heterocycles. The van der Waals surface area contributed by atoms with Gasteiger partial charge >= 0.3 is 0 Å². The van der Waals surface area contributed by atoms with Gasteiger partial charge in [-0.25, -0.2) is 0 Å².